The van der Waals surface area contributed by atoms with E-state index in [9.17, 15) is 0 Å². The highest BCUT2D eigenvalue weighted by Crippen LogP contribution is 2.21. The molecule has 1 N–H and O–H groups in total. The minimum absolute atomic E-state index is 0.364. The Morgan fingerprint density at radius 2 is 2.29 bits per heavy atom. The maximum atomic E-state index is 5.81. The summed E-state index contributed by atoms with van der Waals surface area (Å²) in [7, 11) is 3.33. The summed E-state index contributed by atoms with van der Waals surface area (Å²) in [5, 5.41) is 3.18. The van der Waals surface area contributed by atoms with E-state index in [2.05, 4.69) is 15.3 Å². The summed E-state index contributed by atoms with van der Waals surface area (Å²) in [4.78, 5) is 7.95. The molecule has 0 spiro atoms. The van der Waals surface area contributed by atoms with Crippen LogP contribution in [-0.2, 0) is 4.74 Å². The number of aromatic nitrogens is 2. The van der Waals surface area contributed by atoms with Crippen LogP contribution in [0.15, 0.2) is 6.20 Å². The van der Waals surface area contributed by atoms with E-state index < -0.39 is 0 Å². The zero-order valence-corrected chi connectivity index (χ0v) is 8.84. The Labute approximate surface area is 87.4 Å². The lowest BCUT2D eigenvalue weighted by Crippen LogP contribution is -2.07. The average Bonchev–Trinajstić information content (AvgIpc) is 2.21. The van der Waals surface area contributed by atoms with Crippen LogP contribution in [0.3, 0.4) is 0 Å². The van der Waals surface area contributed by atoms with Crippen LogP contribution >= 0.6 is 11.6 Å². The first-order valence-electron chi connectivity index (χ1n) is 4.10. The predicted molar refractivity (Wildman–Crippen MR) is 54.0 cm³/mol. The van der Waals surface area contributed by atoms with Gasteiger partial charge in [0.05, 0.1) is 12.8 Å². The highest BCUT2D eigenvalue weighted by Gasteiger charge is 2.05. The van der Waals surface area contributed by atoms with Crippen LogP contribution in [-0.4, -0.2) is 37.3 Å². The van der Waals surface area contributed by atoms with Gasteiger partial charge in [-0.1, -0.05) is 11.6 Å². The zero-order valence-electron chi connectivity index (χ0n) is 8.08. The number of nitrogens with zero attached hydrogens (tertiary/aromatic N) is 2. The van der Waals surface area contributed by atoms with E-state index in [4.69, 9.17) is 21.1 Å². The van der Waals surface area contributed by atoms with Crippen LogP contribution in [0.5, 0.6) is 5.88 Å². The molecule has 5 nitrogen and oxygen atoms in total. The van der Waals surface area contributed by atoms with E-state index in [-0.39, 0.29) is 0 Å². The summed E-state index contributed by atoms with van der Waals surface area (Å²) in [5.74, 6) is 0.838. The fraction of sp³-hybridized carbons (Fsp3) is 0.500. The molecule has 0 unspecified atom stereocenters. The molecule has 6 heteroatoms. The molecule has 0 saturated heterocycles. The van der Waals surface area contributed by atoms with Gasteiger partial charge in [0, 0.05) is 14.2 Å². The van der Waals surface area contributed by atoms with E-state index in [0.717, 1.165) is 0 Å². The van der Waals surface area contributed by atoms with Crippen LogP contribution in [0.1, 0.15) is 0 Å². The molecular weight excluding hydrogens is 206 g/mol. The number of nitrogens with one attached hydrogen (secondary N) is 1. The number of anilines is 1. The molecule has 0 aromatic carbocycles. The Balaban J connectivity index is 2.64. The maximum Gasteiger partial charge on any atom is 0.237 e. The zero-order chi connectivity index (χ0) is 10.4. The maximum absolute atomic E-state index is 5.81. The second-order valence-electron chi connectivity index (χ2n) is 2.44. The van der Waals surface area contributed by atoms with Crippen molar-refractivity contribution >= 4 is 17.5 Å². The van der Waals surface area contributed by atoms with E-state index in [1.165, 1.54) is 6.20 Å². The van der Waals surface area contributed by atoms with Gasteiger partial charge in [0.1, 0.15) is 11.6 Å². The van der Waals surface area contributed by atoms with Crippen molar-refractivity contribution in [3.8, 4) is 5.88 Å². The molecular formula is C8H12ClN3O2. The van der Waals surface area contributed by atoms with Crippen molar-refractivity contribution in [2.45, 2.75) is 0 Å². The largest absolute Gasteiger partial charge is 0.474 e. The van der Waals surface area contributed by atoms with Gasteiger partial charge in [-0.2, -0.15) is 4.98 Å². The fourth-order valence-corrected chi connectivity index (χ4v) is 0.940. The van der Waals surface area contributed by atoms with Crippen molar-refractivity contribution in [3.63, 3.8) is 0 Å². The van der Waals surface area contributed by atoms with Gasteiger partial charge in [-0.25, -0.2) is 4.98 Å². The SMILES string of the molecule is CNc1ncc(Cl)c(OCCOC)n1. The van der Waals surface area contributed by atoms with Crippen molar-refractivity contribution in [1.29, 1.82) is 0 Å². The Morgan fingerprint density at radius 1 is 1.50 bits per heavy atom. The number of methoxy groups -OCH3 is 1. The third-order valence-electron chi connectivity index (χ3n) is 1.46. The van der Waals surface area contributed by atoms with E-state index in [1.54, 1.807) is 14.2 Å². The molecule has 78 valence electrons. The molecule has 0 fully saturated rings. The van der Waals surface area contributed by atoms with Crippen molar-refractivity contribution in [3.05, 3.63) is 11.2 Å². The quantitative estimate of drug-likeness (QED) is 0.751. The highest BCUT2D eigenvalue weighted by atomic mass is 35.5. The number of rotatable bonds is 5. The average molecular weight is 218 g/mol. The number of halogens is 1. The first-order chi connectivity index (χ1) is 6.77. The molecule has 14 heavy (non-hydrogen) atoms. The van der Waals surface area contributed by atoms with Gasteiger partial charge < -0.3 is 14.8 Å². The molecule has 1 aromatic rings. The molecule has 0 aliphatic rings. The summed E-state index contributed by atoms with van der Waals surface area (Å²) in [6.45, 7) is 0.908. The van der Waals surface area contributed by atoms with Crippen molar-refractivity contribution in [2.75, 3.05) is 32.7 Å². The van der Waals surface area contributed by atoms with Gasteiger partial charge in [-0.05, 0) is 0 Å². The third kappa shape index (κ3) is 3.01. The number of ether oxygens (including phenoxy) is 2. The topological polar surface area (TPSA) is 56.3 Å². The number of hydrogen-bond acceptors (Lipinski definition) is 5. The monoisotopic (exact) mass is 217 g/mol. The summed E-state index contributed by atoms with van der Waals surface area (Å²) >= 11 is 5.81. The highest BCUT2D eigenvalue weighted by molar-refractivity contribution is 6.31. The smallest absolute Gasteiger partial charge is 0.237 e. The first-order valence-corrected chi connectivity index (χ1v) is 4.47. The molecule has 0 radical (unpaired) electrons. The summed E-state index contributed by atoms with van der Waals surface area (Å²) in [6, 6.07) is 0. The van der Waals surface area contributed by atoms with Gasteiger partial charge >= 0.3 is 0 Å². The van der Waals surface area contributed by atoms with E-state index >= 15 is 0 Å². The third-order valence-corrected chi connectivity index (χ3v) is 1.72. The van der Waals surface area contributed by atoms with Crippen molar-refractivity contribution < 1.29 is 9.47 Å². The van der Waals surface area contributed by atoms with Crippen molar-refractivity contribution in [2.24, 2.45) is 0 Å². The van der Waals surface area contributed by atoms with Gasteiger partial charge in [0.2, 0.25) is 11.8 Å². The van der Waals surface area contributed by atoms with Gasteiger partial charge in [0.25, 0.3) is 0 Å². The lowest BCUT2D eigenvalue weighted by molar-refractivity contribution is 0.144. The second kappa shape index (κ2) is 5.62. The Kier molecular flexibility index (Phi) is 4.42. The molecule has 0 amide bonds. The molecule has 1 rings (SSSR count). The minimum Gasteiger partial charge on any atom is -0.474 e. The number of hydrogen-bond donors (Lipinski definition) is 1. The molecule has 0 bridgehead atoms. The van der Waals surface area contributed by atoms with Crippen LogP contribution in [0.25, 0.3) is 0 Å². The molecule has 0 aliphatic heterocycles. The Hall–Kier alpha value is -1.07. The second-order valence-corrected chi connectivity index (χ2v) is 2.85. The molecule has 0 saturated carbocycles. The predicted octanol–water partition coefficient (Wildman–Crippen LogP) is 1.20. The van der Waals surface area contributed by atoms with E-state index in [0.29, 0.717) is 30.1 Å². The van der Waals surface area contributed by atoms with Crippen LogP contribution < -0.4 is 10.1 Å². The van der Waals surface area contributed by atoms with E-state index in [1.807, 2.05) is 0 Å². The van der Waals surface area contributed by atoms with Crippen molar-refractivity contribution in [1.82, 2.24) is 9.97 Å². The lowest BCUT2D eigenvalue weighted by Gasteiger charge is -2.06. The fourth-order valence-electron chi connectivity index (χ4n) is 0.795. The molecule has 1 aromatic heterocycles. The minimum atomic E-state index is 0.364. The van der Waals surface area contributed by atoms with Crippen LogP contribution in [0.2, 0.25) is 5.02 Å². The molecule has 1 heterocycles. The summed E-state index contributed by atoms with van der Waals surface area (Å²) in [6.07, 6.45) is 1.49. The van der Waals surface area contributed by atoms with Gasteiger partial charge in [-0.15, -0.1) is 0 Å². The first kappa shape index (κ1) is 11.0. The Morgan fingerprint density at radius 3 is 2.93 bits per heavy atom. The lowest BCUT2D eigenvalue weighted by atomic mass is 10.6. The normalized spacial score (nSPS) is 9.93. The van der Waals surface area contributed by atoms with Crippen LogP contribution in [0.4, 0.5) is 5.95 Å². The standard InChI is InChI=1S/C8H12ClN3O2/c1-10-8-11-5-6(9)7(12-8)14-4-3-13-2/h5H,3-4H2,1-2H3,(H,10,11,12). The molecule has 0 atom stereocenters. The summed E-state index contributed by atoms with van der Waals surface area (Å²) < 4.78 is 10.1. The van der Waals surface area contributed by atoms with Gasteiger partial charge in [-0.3, -0.25) is 0 Å². The molecule has 0 aliphatic carbocycles. The Bertz CT molecular complexity index is 296. The van der Waals surface area contributed by atoms with Gasteiger partial charge in [0.15, 0.2) is 0 Å². The summed E-state index contributed by atoms with van der Waals surface area (Å²) in [5.41, 5.74) is 0. The van der Waals surface area contributed by atoms with Crippen LogP contribution in [0, 0.1) is 0 Å².